The number of rotatable bonds is 4. The van der Waals surface area contributed by atoms with E-state index in [2.05, 4.69) is 10.5 Å². The monoisotopic (exact) mass is 274 g/mol. The number of carbonyl (C=O) groups excluding carboxylic acids is 2. The van der Waals surface area contributed by atoms with E-state index in [0.717, 1.165) is 5.56 Å². The van der Waals surface area contributed by atoms with Crippen LogP contribution in [0.25, 0.3) is 0 Å². The molecule has 0 saturated carbocycles. The summed E-state index contributed by atoms with van der Waals surface area (Å²) in [7, 11) is 0. The van der Waals surface area contributed by atoms with Crippen LogP contribution in [0.15, 0.2) is 34.9 Å². The fraction of sp³-hybridized carbons (Fsp3) is 0.214. The van der Waals surface area contributed by atoms with Crippen molar-refractivity contribution < 1.29 is 18.8 Å². The zero-order valence-corrected chi connectivity index (χ0v) is 11.2. The number of amides is 1. The van der Waals surface area contributed by atoms with Crippen LogP contribution in [-0.2, 0) is 9.53 Å². The van der Waals surface area contributed by atoms with E-state index in [-0.39, 0.29) is 12.5 Å². The van der Waals surface area contributed by atoms with Crippen molar-refractivity contribution in [1.82, 2.24) is 5.16 Å². The summed E-state index contributed by atoms with van der Waals surface area (Å²) < 4.78 is 9.71. The third kappa shape index (κ3) is 3.68. The fourth-order valence-corrected chi connectivity index (χ4v) is 1.50. The molecule has 1 N–H and O–H groups in total. The van der Waals surface area contributed by atoms with Crippen LogP contribution in [0.5, 0.6) is 0 Å². The number of benzene rings is 1. The summed E-state index contributed by atoms with van der Waals surface area (Å²) in [5.74, 6) is -0.811. The summed E-state index contributed by atoms with van der Waals surface area (Å²) in [5, 5.41) is 6.06. The topological polar surface area (TPSA) is 81.4 Å². The van der Waals surface area contributed by atoms with E-state index in [4.69, 9.17) is 9.26 Å². The Hall–Kier alpha value is -2.63. The van der Waals surface area contributed by atoms with Gasteiger partial charge in [-0.25, -0.2) is 4.79 Å². The van der Waals surface area contributed by atoms with Crippen molar-refractivity contribution in [2.45, 2.75) is 13.8 Å². The molecule has 0 aliphatic heterocycles. The largest absolute Gasteiger partial charge is 0.452 e. The summed E-state index contributed by atoms with van der Waals surface area (Å²) >= 11 is 0. The number of hydrogen-bond acceptors (Lipinski definition) is 5. The second-order valence-electron chi connectivity index (χ2n) is 4.32. The number of carbonyl (C=O) groups is 2. The molecule has 0 aliphatic rings. The van der Waals surface area contributed by atoms with Crippen molar-refractivity contribution in [3.05, 3.63) is 47.2 Å². The van der Waals surface area contributed by atoms with Crippen LogP contribution in [0.3, 0.4) is 0 Å². The lowest BCUT2D eigenvalue weighted by atomic mass is 10.1. The minimum absolute atomic E-state index is 0.221. The highest BCUT2D eigenvalue weighted by Crippen LogP contribution is 2.08. The van der Waals surface area contributed by atoms with Gasteiger partial charge in [-0.3, -0.25) is 10.1 Å². The normalized spacial score (nSPS) is 10.1. The lowest BCUT2D eigenvalue weighted by molar-refractivity contribution is -0.119. The van der Waals surface area contributed by atoms with Gasteiger partial charge in [0, 0.05) is 6.07 Å². The number of nitrogens with zero attached hydrogens (tertiary/aromatic N) is 1. The number of esters is 1. The van der Waals surface area contributed by atoms with Gasteiger partial charge in [-0.15, -0.1) is 0 Å². The molecule has 104 valence electrons. The molecule has 1 heterocycles. The molecule has 1 amide bonds. The van der Waals surface area contributed by atoms with Crippen molar-refractivity contribution >= 4 is 17.8 Å². The van der Waals surface area contributed by atoms with Gasteiger partial charge >= 0.3 is 5.97 Å². The molecule has 2 aromatic rings. The molecule has 2 rings (SSSR count). The molecule has 6 heteroatoms. The van der Waals surface area contributed by atoms with Crippen LogP contribution in [0.4, 0.5) is 5.88 Å². The van der Waals surface area contributed by atoms with E-state index in [1.807, 2.05) is 6.92 Å². The third-order valence-corrected chi connectivity index (χ3v) is 2.51. The van der Waals surface area contributed by atoms with Crippen molar-refractivity contribution in [3.8, 4) is 0 Å². The Bertz CT molecular complexity index is 616. The van der Waals surface area contributed by atoms with Gasteiger partial charge in [0.15, 0.2) is 6.61 Å². The smallest absolute Gasteiger partial charge is 0.338 e. The molecule has 0 bridgehead atoms. The highest BCUT2D eigenvalue weighted by Gasteiger charge is 2.11. The van der Waals surface area contributed by atoms with E-state index in [0.29, 0.717) is 11.3 Å². The second kappa shape index (κ2) is 6.01. The van der Waals surface area contributed by atoms with Gasteiger partial charge in [0.1, 0.15) is 0 Å². The molecule has 0 radical (unpaired) electrons. The lowest BCUT2D eigenvalue weighted by Gasteiger charge is -2.04. The number of aryl methyl sites for hydroxylation is 2. The van der Waals surface area contributed by atoms with E-state index in [9.17, 15) is 9.59 Å². The molecule has 6 nitrogen and oxygen atoms in total. The first-order chi connectivity index (χ1) is 9.54. The average Bonchev–Trinajstić information content (AvgIpc) is 2.82. The van der Waals surface area contributed by atoms with Gasteiger partial charge in [-0.1, -0.05) is 22.9 Å². The average molecular weight is 274 g/mol. The van der Waals surface area contributed by atoms with Crippen LogP contribution in [0.1, 0.15) is 21.6 Å². The van der Waals surface area contributed by atoms with Gasteiger partial charge in [0.05, 0.1) is 11.3 Å². The molecule has 0 atom stereocenters. The predicted molar refractivity (Wildman–Crippen MR) is 71.3 cm³/mol. The molecule has 0 spiro atoms. The molecule has 0 aliphatic carbocycles. The molecule has 0 unspecified atom stereocenters. The predicted octanol–water partition coefficient (Wildman–Crippen LogP) is 2.09. The Balaban J connectivity index is 1.84. The zero-order chi connectivity index (χ0) is 14.5. The molecule has 1 aromatic heterocycles. The Morgan fingerprint density at radius 1 is 1.25 bits per heavy atom. The summed E-state index contributed by atoms with van der Waals surface area (Å²) in [6.07, 6.45) is 0. The fourth-order valence-electron chi connectivity index (χ4n) is 1.50. The van der Waals surface area contributed by atoms with Gasteiger partial charge in [-0.2, -0.15) is 0 Å². The molecule has 0 saturated heterocycles. The number of ether oxygens (including phenoxy) is 1. The summed E-state index contributed by atoms with van der Waals surface area (Å²) in [6, 6.07) is 8.46. The van der Waals surface area contributed by atoms with Gasteiger partial charge < -0.3 is 9.26 Å². The van der Waals surface area contributed by atoms with Crippen molar-refractivity contribution in [1.29, 1.82) is 0 Å². The highest BCUT2D eigenvalue weighted by molar-refractivity contribution is 5.94. The summed E-state index contributed by atoms with van der Waals surface area (Å²) in [4.78, 5) is 23.2. The maximum absolute atomic E-state index is 11.7. The van der Waals surface area contributed by atoms with Crippen molar-refractivity contribution in [3.63, 3.8) is 0 Å². The number of hydrogen-bond donors (Lipinski definition) is 1. The van der Waals surface area contributed by atoms with Gasteiger partial charge in [0.2, 0.25) is 5.88 Å². The highest BCUT2D eigenvalue weighted by atomic mass is 16.5. The van der Waals surface area contributed by atoms with Crippen molar-refractivity contribution in [2.24, 2.45) is 0 Å². The molecule has 1 aromatic carbocycles. The maximum Gasteiger partial charge on any atom is 0.338 e. The lowest BCUT2D eigenvalue weighted by Crippen LogP contribution is -2.20. The van der Waals surface area contributed by atoms with Gasteiger partial charge in [-0.05, 0) is 26.0 Å². The summed E-state index contributed by atoms with van der Waals surface area (Å²) in [5.41, 5.74) is 2.09. The van der Waals surface area contributed by atoms with Gasteiger partial charge in [0.25, 0.3) is 5.91 Å². The SMILES string of the molecule is Cc1ccc(C(=O)OCC(=O)Nc2cc(C)no2)cc1. The Kier molecular flexibility index (Phi) is 4.14. The Labute approximate surface area is 115 Å². The third-order valence-electron chi connectivity index (χ3n) is 2.51. The van der Waals surface area contributed by atoms with E-state index in [1.54, 1.807) is 37.3 Å². The standard InChI is InChI=1S/C14H14N2O4/c1-9-3-5-11(6-4-9)14(18)19-8-12(17)15-13-7-10(2)16-20-13/h3-7H,8H2,1-2H3,(H,15,17). The van der Waals surface area contributed by atoms with Crippen LogP contribution >= 0.6 is 0 Å². The zero-order valence-electron chi connectivity index (χ0n) is 11.2. The maximum atomic E-state index is 11.7. The van der Waals surface area contributed by atoms with Crippen LogP contribution in [0, 0.1) is 13.8 Å². The Morgan fingerprint density at radius 2 is 1.95 bits per heavy atom. The molecular formula is C14H14N2O4. The first kappa shape index (κ1) is 13.8. The minimum Gasteiger partial charge on any atom is -0.452 e. The van der Waals surface area contributed by atoms with Crippen LogP contribution < -0.4 is 5.32 Å². The summed E-state index contributed by atoms with van der Waals surface area (Å²) in [6.45, 7) is 3.27. The quantitative estimate of drug-likeness (QED) is 0.863. The number of nitrogens with one attached hydrogen (secondary N) is 1. The van der Waals surface area contributed by atoms with E-state index < -0.39 is 11.9 Å². The van der Waals surface area contributed by atoms with E-state index >= 15 is 0 Å². The minimum atomic E-state index is -0.547. The van der Waals surface area contributed by atoms with Crippen molar-refractivity contribution in [2.75, 3.05) is 11.9 Å². The first-order valence-electron chi connectivity index (χ1n) is 6.01. The molecular weight excluding hydrogens is 260 g/mol. The van der Waals surface area contributed by atoms with Crippen LogP contribution in [0.2, 0.25) is 0 Å². The molecule has 20 heavy (non-hydrogen) atoms. The number of anilines is 1. The first-order valence-corrected chi connectivity index (χ1v) is 6.01. The Morgan fingerprint density at radius 3 is 2.55 bits per heavy atom. The second-order valence-corrected chi connectivity index (χ2v) is 4.32. The van der Waals surface area contributed by atoms with Crippen LogP contribution in [-0.4, -0.2) is 23.6 Å². The van der Waals surface area contributed by atoms with E-state index in [1.165, 1.54) is 0 Å². The molecule has 0 fully saturated rings. The number of aromatic nitrogens is 1.